The molecule has 3 heteroatoms. The Kier molecular flexibility index (Phi) is 3.80. The van der Waals surface area contributed by atoms with Crippen LogP contribution in [0.2, 0.25) is 0 Å². The Hall–Kier alpha value is 0.200. The molecule has 2 rings (SSSR count). The van der Waals surface area contributed by atoms with Gasteiger partial charge in [0, 0.05) is 9.61 Å². The third kappa shape index (κ3) is 2.12. The Morgan fingerprint density at radius 3 is 2.25 bits per heavy atom. The van der Waals surface area contributed by atoms with Crippen molar-refractivity contribution in [2.75, 3.05) is 6.54 Å². The van der Waals surface area contributed by atoms with E-state index in [0.717, 1.165) is 0 Å². The number of hydrogen-bond acceptors (Lipinski definition) is 1. The van der Waals surface area contributed by atoms with Gasteiger partial charge < -0.3 is 5.32 Å². The van der Waals surface area contributed by atoms with Gasteiger partial charge in [-0.1, -0.05) is 12.1 Å². The van der Waals surface area contributed by atoms with Crippen molar-refractivity contribution < 1.29 is 0 Å². The van der Waals surface area contributed by atoms with Gasteiger partial charge in [0.15, 0.2) is 0 Å². The highest BCUT2D eigenvalue weighted by Gasteiger charge is 2.17. The number of hydrogen-bond donors (Lipinski definition) is 1. The van der Waals surface area contributed by atoms with E-state index in [1.165, 1.54) is 22.1 Å². The lowest BCUT2D eigenvalue weighted by atomic mass is 9.98. The van der Waals surface area contributed by atoms with Gasteiger partial charge in [-0.25, -0.2) is 0 Å². The van der Waals surface area contributed by atoms with Gasteiger partial charge in [-0.2, -0.15) is 0 Å². The van der Waals surface area contributed by atoms with Gasteiger partial charge in [0.05, 0.1) is 0 Å². The van der Waals surface area contributed by atoms with Crippen LogP contribution in [0.25, 0.3) is 0 Å². The van der Waals surface area contributed by atoms with Crippen LogP contribution in [0.15, 0.2) is 24.3 Å². The van der Waals surface area contributed by atoms with E-state index in [2.05, 4.69) is 52.2 Å². The normalized spacial score (nSPS) is 20.9. The van der Waals surface area contributed by atoms with Crippen LogP contribution in [0.1, 0.15) is 18.0 Å². The zero-order chi connectivity index (χ0) is 7.68. The van der Waals surface area contributed by atoms with E-state index in [-0.39, 0.29) is 12.4 Å². The molecule has 1 aromatic carbocycles. The zero-order valence-electron chi connectivity index (χ0n) is 6.59. The molecule has 1 N–H and O–H groups in total. The van der Waals surface area contributed by atoms with Crippen LogP contribution in [0.4, 0.5) is 0 Å². The summed E-state index contributed by atoms with van der Waals surface area (Å²) in [6.07, 6.45) is 1.29. The second kappa shape index (κ2) is 4.44. The minimum Gasteiger partial charge on any atom is -0.310 e. The van der Waals surface area contributed by atoms with E-state index in [0.29, 0.717) is 6.04 Å². The minimum atomic E-state index is 0. The number of benzene rings is 1. The van der Waals surface area contributed by atoms with E-state index in [4.69, 9.17) is 0 Å². The van der Waals surface area contributed by atoms with E-state index >= 15 is 0 Å². The molecule has 1 nitrogen and oxygen atoms in total. The highest BCUT2D eigenvalue weighted by Crippen LogP contribution is 2.22. The lowest BCUT2D eigenvalue weighted by molar-refractivity contribution is 0.383. The lowest BCUT2D eigenvalue weighted by Gasteiger charge is -2.27. The molecule has 0 radical (unpaired) electrons. The SMILES string of the molecule is Cl.Ic1ccc([C@H]2CCN2)cc1. The summed E-state index contributed by atoms with van der Waals surface area (Å²) in [5, 5.41) is 3.38. The third-order valence-electron chi connectivity index (χ3n) is 2.10. The smallest absolute Gasteiger partial charge is 0.0332 e. The topological polar surface area (TPSA) is 12.0 Å². The summed E-state index contributed by atoms with van der Waals surface area (Å²) in [7, 11) is 0. The van der Waals surface area contributed by atoms with Gasteiger partial charge in [0.25, 0.3) is 0 Å². The average Bonchev–Trinajstić information content (AvgIpc) is 1.90. The Bertz CT molecular complexity index is 243. The Labute approximate surface area is 92.5 Å². The van der Waals surface area contributed by atoms with Crippen molar-refractivity contribution >= 4 is 35.0 Å². The second-order valence-corrected chi connectivity index (χ2v) is 4.09. The molecule has 12 heavy (non-hydrogen) atoms. The Balaban J connectivity index is 0.000000720. The van der Waals surface area contributed by atoms with Crippen molar-refractivity contribution in [2.24, 2.45) is 0 Å². The average molecular weight is 296 g/mol. The maximum absolute atomic E-state index is 3.38. The van der Waals surface area contributed by atoms with E-state index in [9.17, 15) is 0 Å². The molecular weight excluding hydrogens is 284 g/mol. The summed E-state index contributed by atoms with van der Waals surface area (Å²) in [5.74, 6) is 0. The molecule has 1 atom stereocenters. The first-order chi connectivity index (χ1) is 5.36. The fourth-order valence-electron chi connectivity index (χ4n) is 1.27. The summed E-state index contributed by atoms with van der Waals surface area (Å²) >= 11 is 2.33. The van der Waals surface area contributed by atoms with Gasteiger partial charge >= 0.3 is 0 Å². The molecule has 1 heterocycles. The molecule has 1 aromatic rings. The number of rotatable bonds is 1. The maximum atomic E-state index is 3.38. The minimum absolute atomic E-state index is 0. The van der Waals surface area contributed by atoms with Crippen LogP contribution >= 0.6 is 35.0 Å². The van der Waals surface area contributed by atoms with Crippen LogP contribution in [-0.4, -0.2) is 6.54 Å². The van der Waals surface area contributed by atoms with Crippen LogP contribution < -0.4 is 5.32 Å². The van der Waals surface area contributed by atoms with E-state index < -0.39 is 0 Å². The number of halogens is 2. The predicted molar refractivity (Wildman–Crippen MR) is 61.8 cm³/mol. The van der Waals surface area contributed by atoms with Gasteiger partial charge in [-0.3, -0.25) is 0 Å². The van der Waals surface area contributed by atoms with Crippen molar-refractivity contribution in [1.29, 1.82) is 0 Å². The molecule has 0 unspecified atom stereocenters. The molecular formula is C9H11ClIN. The van der Waals surface area contributed by atoms with Crippen LogP contribution in [0, 0.1) is 3.57 Å². The second-order valence-electron chi connectivity index (χ2n) is 2.85. The van der Waals surface area contributed by atoms with Gasteiger partial charge in [0.2, 0.25) is 0 Å². The summed E-state index contributed by atoms with van der Waals surface area (Å²) in [6.45, 7) is 1.18. The fraction of sp³-hybridized carbons (Fsp3) is 0.333. The largest absolute Gasteiger partial charge is 0.310 e. The molecule has 0 aliphatic carbocycles. The molecule has 0 bridgehead atoms. The molecule has 1 fully saturated rings. The van der Waals surface area contributed by atoms with Crippen molar-refractivity contribution in [1.82, 2.24) is 5.32 Å². The molecule has 66 valence electrons. The number of nitrogens with one attached hydrogen (secondary N) is 1. The van der Waals surface area contributed by atoms with E-state index in [1.54, 1.807) is 0 Å². The summed E-state index contributed by atoms with van der Waals surface area (Å²) in [5.41, 5.74) is 1.43. The summed E-state index contributed by atoms with van der Waals surface area (Å²) < 4.78 is 1.31. The Morgan fingerprint density at radius 2 is 1.83 bits per heavy atom. The van der Waals surface area contributed by atoms with Gasteiger partial charge in [-0.15, -0.1) is 12.4 Å². The van der Waals surface area contributed by atoms with Crippen LogP contribution in [0.5, 0.6) is 0 Å². The lowest BCUT2D eigenvalue weighted by Crippen LogP contribution is -2.34. The van der Waals surface area contributed by atoms with Gasteiger partial charge in [-0.05, 0) is 53.3 Å². The van der Waals surface area contributed by atoms with Crippen LogP contribution in [-0.2, 0) is 0 Å². The first-order valence-electron chi connectivity index (χ1n) is 3.85. The van der Waals surface area contributed by atoms with Crippen molar-refractivity contribution in [2.45, 2.75) is 12.5 Å². The van der Waals surface area contributed by atoms with Crippen molar-refractivity contribution in [3.05, 3.63) is 33.4 Å². The van der Waals surface area contributed by atoms with Crippen molar-refractivity contribution in [3.8, 4) is 0 Å². The Morgan fingerprint density at radius 1 is 1.25 bits per heavy atom. The monoisotopic (exact) mass is 295 g/mol. The zero-order valence-corrected chi connectivity index (χ0v) is 9.56. The third-order valence-corrected chi connectivity index (χ3v) is 2.82. The summed E-state index contributed by atoms with van der Waals surface area (Å²) in [4.78, 5) is 0. The fourth-order valence-corrected chi connectivity index (χ4v) is 1.63. The molecule has 0 spiro atoms. The molecule has 1 saturated heterocycles. The predicted octanol–water partition coefficient (Wildman–Crippen LogP) is 2.75. The standard InChI is InChI=1S/C9H10IN.ClH/c10-8-3-1-7(2-4-8)9-5-6-11-9;/h1-4,9,11H,5-6H2;1H/t9-;/m1./s1. The molecule has 0 saturated carbocycles. The highest BCUT2D eigenvalue weighted by atomic mass is 127. The quantitative estimate of drug-likeness (QED) is 0.786. The van der Waals surface area contributed by atoms with E-state index in [1.807, 2.05) is 0 Å². The molecule has 0 aromatic heterocycles. The summed E-state index contributed by atoms with van der Waals surface area (Å²) in [6, 6.07) is 9.37. The van der Waals surface area contributed by atoms with Crippen molar-refractivity contribution in [3.63, 3.8) is 0 Å². The molecule has 1 aliphatic heterocycles. The first-order valence-corrected chi connectivity index (χ1v) is 4.93. The highest BCUT2D eigenvalue weighted by molar-refractivity contribution is 14.1. The molecule has 0 amide bonds. The molecule has 1 aliphatic rings. The van der Waals surface area contributed by atoms with Crippen LogP contribution in [0.3, 0.4) is 0 Å². The first kappa shape index (κ1) is 10.3. The van der Waals surface area contributed by atoms with Gasteiger partial charge in [0.1, 0.15) is 0 Å². The maximum Gasteiger partial charge on any atom is 0.0332 e.